The first kappa shape index (κ1) is 15.4. The molecule has 1 saturated heterocycles. The van der Waals surface area contributed by atoms with E-state index in [0.29, 0.717) is 18.5 Å². The molecule has 1 aliphatic rings. The van der Waals surface area contributed by atoms with E-state index in [9.17, 15) is 9.59 Å². The molecule has 6 heteroatoms. The topological polar surface area (TPSA) is 78.1 Å². The summed E-state index contributed by atoms with van der Waals surface area (Å²) in [4.78, 5) is 34.0. The number of carbonyl (C=O) groups is 2. The minimum Gasteiger partial charge on any atom is -0.345 e. The smallest absolute Gasteiger partial charge is 0.252 e. The van der Waals surface area contributed by atoms with Crippen LogP contribution in [0.2, 0.25) is 0 Å². The number of carbonyl (C=O) groups excluding carboxylic acids is 2. The van der Waals surface area contributed by atoms with Crippen molar-refractivity contribution in [2.24, 2.45) is 0 Å². The molecule has 2 heterocycles. The molecular formula is C19H18N4O2. The molecule has 25 heavy (non-hydrogen) atoms. The fraction of sp³-hybridized carbons (Fsp3) is 0.211. The van der Waals surface area contributed by atoms with Gasteiger partial charge in [0, 0.05) is 17.8 Å². The number of aromatic amines is 1. The first-order valence-electron chi connectivity index (χ1n) is 8.24. The summed E-state index contributed by atoms with van der Waals surface area (Å²) in [5, 5.41) is 2.85. The first-order valence-corrected chi connectivity index (χ1v) is 8.24. The zero-order valence-electron chi connectivity index (χ0n) is 13.8. The number of anilines is 1. The largest absolute Gasteiger partial charge is 0.345 e. The van der Waals surface area contributed by atoms with E-state index in [1.54, 1.807) is 29.4 Å². The highest BCUT2D eigenvalue weighted by molar-refractivity contribution is 6.04. The highest BCUT2D eigenvalue weighted by Gasteiger charge is 2.33. The predicted molar refractivity (Wildman–Crippen MR) is 95.5 cm³/mol. The van der Waals surface area contributed by atoms with E-state index < -0.39 is 6.04 Å². The number of fused-ring (bicyclic) bond motifs is 1. The van der Waals surface area contributed by atoms with Gasteiger partial charge in [-0.25, -0.2) is 4.98 Å². The van der Waals surface area contributed by atoms with Crippen LogP contribution >= 0.6 is 0 Å². The van der Waals surface area contributed by atoms with Crippen molar-refractivity contribution in [2.75, 3.05) is 11.4 Å². The number of rotatable bonds is 3. The lowest BCUT2D eigenvalue weighted by molar-refractivity contribution is -0.118. The number of aryl methyl sites for hydroxylation is 1. The normalized spacial score (nSPS) is 17.2. The van der Waals surface area contributed by atoms with Crippen LogP contribution in [0.3, 0.4) is 0 Å². The van der Waals surface area contributed by atoms with Crippen molar-refractivity contribution in [1.29, 1.82) is 0 Å². The Hall–Kier alpha value is -3.15. The van der Waals surface area contributed by atoms with Crippen LogP contribution < -0.4 is 10.2 Å². The highest BCUT2D eigenvalue weighted by atomic mass is 16.2. The van der Waals surface area contributed by atoms with Gasteiger partial charge in [0.1, 0.15) is 6.04 Å². The fourth-order valence-corrected chi connectivity index (χ4v) is 3.11. The molecular weight excluding hydrogens is 316 g/mol. The summed E-state index contributed by atoms with van der Waals surface area (Å²) in [6, 6.07) is 12.6. The molecule has 0 aliphatic carbocycles. The van der Waals surface area contributed by atoms with Crippen LogP contribution in [0.15, 0.2) is 48.8 Å². The fourth-order valence-electron chi connectivity index (χ4n) is 3.11. The third-order valence-corrected chi connectivity index (χ3v) is 4.54. The molecule has 1 aliphatic heterocycles. The molecule has 0 spiro atoms. The summed E-state index contributed by atoms with van der Waals surface area (Å²) < 4.78 is 0. The van der Waals surface area contributed by atoms with Gasteiger partial charge in [-0.05, 0) is 43.7 Å². The van der Waals surface area contributed by atoms with Crippen LogP contribution in [-0.4, -0.2) is 34.4 Å². The summed E-state index contributed by atoms with van der Waals surface area (Å²) >= 11 is 0. The standard InChI is InChI=1S/C19H18N4O2/c1-12-2-5-14(6-3-12)23-9-8-16(19(23)25)22-18(24)13-4-7-15-17(10-13)21-11-20-15/h2-7,10-11,16H,8-9H2,1H3,(H,20,21)(H,22,24)/t16-/m1/s1. The lowest BCUT2D eigenvalue weighted by Crippen LogP contribution is -2.41. The van der Waals surface area contributed by atoms with Crippen molar-refractivity contribution in [3.05, 3.63) is 59.9 Å². The third-order valence-electron chi connectivity index (χ3n) is 4.54. The van der Waals surface area contributed by atoms with E-state index in [1.165, 1.54) is 0 Å². The van der Waals surface area contributed by atoms with Gasteiger partial charge in [0.25, 0.3) is 5.91 Å². The van der Waals surface area contributed by atoms with Gasteiger partial charge in [0.15, 0.2) is 0 Å². The number of aromatic nitrogens is 2. The average Bonchev–Trinajstić information content (AvgIpc) is 3.22. The van der Waals surface area contributed by atoms with Crippen molar-refractivity contribution in [1.82, 2.24) is 15.3 Å². The molecule has 1 atom stereocenters. The van der Waals surface area contributed by atoms with Crippen LogP contribution in [0.25, 0.3) is 11.0 Å². The molecule has 0 bridgehead atoms. The summed E-state index contributed by atoms with van der Waals surface area (Å²) in [6.07, 6.45) is 2.19. The second-order valence-corrected chi connectivity index (χ2v) is 6.27. The van der Waals surface area contributed by atoms with Crippen molar-refractivity contribution >= 4 is 28.5 Å². The zero-order valence-corrected chi connectivity index (χ0v) is 13.8. The lowest BCUT2D eigenvalue weighted by Gasteiger charge is -2.17. The molecule has 1 aromatic heterocycles. The van der Waals surface area contributed by atoms with Crippen molar-refractivity contribution in [3.63, 3.8) is 0 Å². The number of hydrogen-bond donors (Lipinski definition) is 2. The van der Waals surface area contributed by atoms with Crippen molar-refractivity contribution in [2.45, 2.75) is 19.4 Å². The Morgan fingerprint density at radius 3 is 2.84 bits per heavy atom. The maximum Gasteiger partial charge on any atom is 0.252 e. The van der Waals surface area contributed by atoms with Crippen LogP contribution in [0, 0.1) is 6.92 Å². The highest BCUT2D eigenvalue weighted by Crippen LogP contribution is 2.22. The quantitative estimate of drug-likeness (QED) is 0.772. The molecule has 2 aromatic carbocycles. The lowest BCUT2D eigenvalue weighted by atomic mass is 10.1. The molecule has 0 unspecified atom stereocenters. The van der Waals surface area contributed by atoms with Gasteiger partial charge >= 0.3 is 0 Å². The number of nitrogens with zero attached hydrogens (tertiary/aromatic N) is 2. The summed E-state index contributed by atoms with van der Waals surface area (Å²) in [5.74, 6) is -0.319. The Balaban J connectivity index is 1.48. The minimum atomic E-state index is -0.494. The second-order valence-electron chi connectivity index (χ2n) is 6.27. The van der Waals surface area contributed by atoms with Crippen molar-refractivity contribution in [3.8, 4) is 0 Å². The molecule has 126 valence electrons. The van der Waals surface area contributed by atoms with Crippen LogP contribution in [0.1, 0.15) is 22.3 Å². The Labute approximate surface area is 144 Å². The Bertz CT molecular complexity index is 945. The maximum atomic E-state index is 12.6. The van der Waals surface area contributed by atoms with Gasteiger partial charge in [0.05, 0.1) is 17.4 Å². The van der Waals surface area contributed by atoms with Crippen LogP contribution in [-0.2, 0) is 4.79 Å². The summed E-state index contributed by atoms with van der Waals surface area (Å²) in [6.45, 7) is 2.61. The molecule has 2 N–H and O–H groups in total. The van der Waals surface area contributed by atoms with E-state index in [2.05, 4.69) is 15.3 Å². The summed E-state index contributed by atoms with van der Waals surface area (Å²) in [7, 11) is 0. The molecule has 0 radical (unpaired) electrons. The number of nitrogens with one attached hydrogen (secondary N) is 2. The molecule has 0 saturated carbocycles. The van der Waals surface area contributed by atoms with Gasteiger partial charge in [-0.2, -0.15) is 0 Å². The van der Waals surface area contributed by atoms with E-state index in [0.717, 1.165) is 22.3 Å². The van der Waals surface area contributed by atoms with Crippen molar-refractivity contribution < 1.29 is 9.59 Å². The van der Waals surface area contributed by atoms with Gasteiger partial charge in [-0.3, -0.25) is 9.59 Å². The van der Waals surface area contributed by atoms with Gasteiger partial charge in [-0.1, -0.05) is 17.7 Å². The van der Waals surface area contributed by atoms with Gasteiger partial charge in [0.2, 0.25) is 5.91 Å². The van der Waals surface area contributed by atoms with Crippen LogP contribution in [0.5, 0.6) is 0 Å². The predicted octanol–water partition coefficient (Wildman–Crippen LogP) is 2.41. The number of hydrogen-bond acceptors (Lipinski definition) is 3. The van der Waals surface area contributed by atoms with E-state index >= 15 is 0 Å². The van der Waals surface area contributed by atoms with E-state index in [1.807, 2.05) is 31.2 Å². The Kier molecular flexibility index (Phi) is 3.72. The Morgan fingerprint density at radius 2 is 2.04 bits per heavy atom. The second kappa shape index (κ2) is 6.05. The van der Waals surface area contributed by atoms with Gasteiger partial charge < -0.3 is 15.2 Å². The molecule has 3 aromatic rings. The monoisotopic (exact) mass is 334 g/mol. The molecule has 1 fully saturated rings. The van der Waals surface area contributed by atoms with E-state index in [4.69, 9.17) is 0 Å². The molecule has 2 amide bonds. The van der Waals surface area contributed by atoms with Gasteiger partial charge in [-0.15, -0.1) is 0 Å². The third kappa shape index (κ3) is 2.87. The zero-order chi connectivity index (χ0) is 17.4. The maximum absolute atomic E-state index is 12.6. The van der Waals surface area contributed by atoms with E-state index in [-0.39, 0.29) is 11.8 Å². The number of H-pyrrole nitrogens is 1. The SMILES string of the molecule is Cc1ccc(N2CC[C@@H](NC(=O)c3ccc4nc[nH]c4c3)C2=O)cc1. The minimum absolute atomic E-state index is 0.0696. The van der Waals surface area contributed by atoms with Crippen LogP contribution in [0.4, 0.5) is 5.69 Å². The average molecular weight is 334 g/mol. The molecule has 4 rings (SSSR count). The number of imidazole rings is 1. The first-order chi connectivity index (χ1) is 12.1. The summed E-state index contributed by atoms with van der Waals surface area (Å²) in [5.41, 5.74) is 4.13. The Morgan fingerprint density at radius 1 is 1.24 bits per heavy atom. The molecule has 6 nitrogen and oxygen atoms in total. The number of benzene rings is 2. The number of amides is 2.